The Morgan fingerprint density at radius 3 is 2.46 bits per heavy atom. The third-order valence-electron chi connectivity index (χ3n) is 3.49. The van der Waals surface area contributed by atoms with Crippen molar-refractivity contribution in [2.24, 2.45) is 0 Å². The molecule has 0 heterocycles. The Bertz CT molecular complexity index is 719. The molecule has 0 aliphatic heterocycles. The number of hydrogen-bond donors (Lipinski definition) is 1. The summed E-state index contributed by atoms with van der Waals surface area (Å²) in [6.07, 6.45) is 0. The molecule has 2 rings (SSSR count). The van der Waals surface area contributed by atoms with Crippen LogP contribution in [0.4, 0.5) is 5.69 Å². The summed E-state index contributed by atoms with van der Waals surface area (Å²) >= 11 is 6.02. The van der Waals surface area contributed by atoms with Crippen molar-refractivity contribution in [1.29, 1.82) is 0 Å². The molecule has 0 bridgehead atoms. The molecular formula is C18H19ClN2O3. The number of anilines is 1. The van der Waals surface area contributed by atoms with E-state index in [1.54, 1.807) is 18.2 Å². The van der Waals surface area contributed by atoms with Gasteiger partial charge in [-0.3, -0.25) is 9.59 Å². The number of benzene rings is 2. The number of nitrogens with zero attached hydrogens (tertiary/aromatic N) is 1. The van der Waals surface area contributed by atoms with Gasteiger partial charge in [-0.1, -0.05) is 41.9 Å². The third kappa shape index (κ3) is 4.49. The van der Waals surface area contributed by atoms with E-state index in [9.17, 15) is 9.59 Å². The molecule has 0 fully saturated rings. The maximum absolute atomic E-state index is 12.3. The predicted octanol–water partition coefficient (Wildman–Crippen LogP) is 3.34. The summed E-state index contributed by atoms with van der Waals surface area (Å²) in [5, 5.41) is 2.92. The lowest BCUT2D eigenvalue weighted by Crippen LogP contribution is -2.39. The van der Waals surface area contributed by atoms with Crippen LogP contribution in [-0.2, 0) is 16.1 Å². The number of nitrogens with one attached hydrogen (secondary N) is 1. The number of carbonyl (C=O) groups excluding carboxylic acids is 2. The largest absolute Gasteiger partial charge is 0.495 e. The van der Waals surface area contributed by atoms with Gasteiger partial charge in [-0.2, -0.15) is 0 Å². The number of hydrogen-bond acceptors (Lipinski definition) is 3. The highest BCUT2D eigenvalue weighted by Crippen LogP contribution is 2.27. The lowest BCUT2D eigenvalue weighted by atomic mass is 10.2. The molecule has 2 aromatic rings. The highest BCUT2D eigenvalue weighted by atomic mass is 35.5. The van der Waals surface area contributed by atoms with E-state index in [1.807, 2.05) is 37.3 Å². The maximum Gasteiger partial charge on any atom is 0.313 e. The number of carbonyl (C=O) groups is 2. The Hall–Kier alpha value is -2.53. The van der Waals surface area contributed by atoms with E-state index < -0.39 is 11.8 Å². The quantitative estimate of drug-likeness (QED) is 0.845. The molecule has 24 heavy (non-hydrogen) atoms. The predicted molar refractivity (Wildman–Crippen MR) is 94.2 cm³/mol. The zero-order valence-electron chi connectivity index (χ0n) is 13.6. The number of ether oxygens (including phenoxy) is 1. The third-order valence-corrected chi connectivity index (χ3v) is 3.78. The van der Waals surface area contributed by atoms with Gasteiger partial charge in [0, 0.05) is 18.8 Å². The highest BCUT2D eigenvalue weighted by Gasteiger charge is 2.21. The van der Waals surface area contributed by atoms with Crippen LogP contribution in [0.3, 0.4) is 0 Å². The number of rotatable bonds is 5. The number of halogens is 1. The van der Waals surface area contributed by atoms with Gasteiger partial charge in [0.1, 0.15) is 5.75 Å². The second-order valence-electron chi connectivity index (χ2n) is 5.11. The van der Waals surface area contributed by atoms with Crippen molar-refractivity contribution in [1.82, 2.24) is 4.90 Å². The summed E-state index contributed by atoms with van der Waals surface area (Å²) in [6.45, 7) is 2.65. The van der Waals surface area contributed by atoms with Crippen LogP contribution in [-0.4, -0.2) is 30.4 Å². The summed E-state index contributed by atoms with van der Waals surface area (Å²) in [4.78, 5) is 26.0. The molecular weight excluding hydrogens is 328 g/mol. The van der Waals surface area contributed by atoms with Crippen molar-refractivity contribution in [3.05, 3.63) is 59.1 Å². The molecule has 0 aliphatic rings. The minimum atomic E-state index is -0.700. The molecule has 0 radical (unpaired) electrons. The summed E-state index contributed by atoms with van der Waals surface area (Å²) in [7, 11) is 1.51. The van der Waals surface area contributed by atoms with Gasteiger partial charge >= 0.3 is 11.8 Å². The maximum atomic E-state index is 12.3. The minimum Gasteiger partial charge on any atom is -0.495 e. The van der Waals surface area contributed by atoms with Crippen LogP contribution in [0.2, 0.25) is 5.02 Å². The van der Waals surface area contributed by atoms with Crippen molar-refractivity contribution in [3.63, 3.8) is 0 Å². The molecule has 0 unspecified atom stereocenters. The van der Waals surface area contributed by atoms with Gasteiger partial charge < -0.3 is 15.0 Å². The van der Waals surface area contributed by atoms with E-state index in [1.165, 1.54) is 12.0 Å². The SMILES string of the molecule is CCN(Cc1ccccc1)C(=O)C(=O)Nc1ccc(OC)c(Cl)c1. The fraction of sp³-hybridized carbons (Fsp3) is 0.222. The van der Waals surface area contributed by atoms with Crippen molar-refractivity contribution in [3.8, 4) is 5.75 Å². The van der Waals surface area contributed by atoms with E-state index in [2.05, 4.69) is 5.32 Å². The zero-order chi connectivity index (χ0) is 17.5. The zero-order valence-corrected chi connectivity index (χ0v) is 14.3. The van der Waals surface area contributed by atoms with Crippen LogP contribution in [0.5, 0.6) is 5.75 Å². The molecule has 5 nitrogen and oxygen atoms in total. The van der Waals surface area contributed by atoms with Crippen LogP contribution in [0.1, 0.15) is 12.5 Å². The van der Waals surface area contributed by atoms with Gasteiger partial charge in [-0.25, -0.2) is 0 Å². The Morgan fingerprint density at radius 2 is 1.88 bits per heavy atom. The van der Waals surface area contributed by atoms with Crippen molar-refractivity contribution < 1.29 is 14.3 Å². The fourth-order valence-corrected chi connectivity index (χ4v) is 2.46. The van der Waals surface area contributed by atoms with Crippen LogP contribution >= 0.6 is 11.6 Å². The van der Waals surface area contributed by atoms with Crippen LogP contribution in [0.25, 0.3) is 0 Å². The van der Waals surface area contributed by atoms with Gasteiger partial charge in [0.05, 0.1) is 12.1 Å². The second-order valence-corrected chi connectivity index (χ2v) is 5.52. The van der Waals surface area contributed by atoms with Crippen LogP contribution in [0.15, 0.2) is 48.5 Å². The Balaban J connectivity index is 2.04. The summed E-state index contributed by atoms with van der Waals surface area (Å²) < 4.78 is 5.05. The summed E-state index contributed by atoms with van der Waals surface area (Å²) in [5.74, 6) is -0.789. The molecule has 0 aliphatic carbocycles. The van der Waals surface area contributed by atoms with Gasteiger partial charge in [0.15, 0.2) is 0 Å². The van der Waals surface area contributed by atoms with Crippen molar-refractivity contribution in [2.45, 2.75) is 13.5 Å². The molecule has 0 atom stereocenters. The first-order valence-corrected chi connectivity index (χ1v) is 7.90. The standard InChI is InChI=1S/C18H19ClN2O3/c1-3-21(12-13-7-5-4-6-8-13)18(23)17(22)20-14-9-10-16(24-2)15(19)11-14/h4-11H,3,12H2,1-2H3,(H,20,22). The average molecular weight is 347 g/mol. The van der Waals surface area contributed by atoms with Crippen LogP contribution < -0.4 is 10.1 Å². The van der Waals surface area contributed by atoms with Gasteiger partial charge in [0.25, 0.3) is 0 Å². The smallest absolute Gasteiger partial charge is 0.313 e. The van der Waals surface area contributed by atoms with E-state index in [0.717, 1.165) is 5.56 Å². The Labute approximate surface area is 146 Å². The van der Waals surface area contributed by atoms with Gasteiger partial charge in [0.2, 0.25) is 0 Å². The summed E-state index contributed by atoms with van der Waals surface area (Å²) in [5.41, 5.74) is 1.41. The molecule has 0 saturated heterocycles. The number of methoxy groups -OCH3 is 1. The Kier molecular flexibility index (Phi) is 6.21. The lowest BCUT2D eigenvalue weighted by molar-refractivity contribution is -0.143. The first kappa shape index (κ1) is 17.8. The first-order valence-electron chi connectivity index (χ1n) is 7.53. The van der Waals surface area contributed by atoms with E-state index in [0.29, 0.717) is 29.5 Å². The minimum absolute atomic E-state index is 0.361. The van der Waals surface area contributed by atoms with Crippen LogP contribution in [0, 0.1) is 0 Å². The van der Waals surface area contributed by atoms with Crippen molar-refractivity contribution in [2.75, 3.05) is 19.0 Å². The molecule has 1 N–H and O–H groups in total. The highest BCUT2D eigenvalue weighted by molar-refractivity contribution is 6.39. The first-order chi connectivity index (χ1) is 11.5. The van der Waals surface area contributed by atoms with E-state index in [4.69, 9.17) is 16.3 Å². The van der Waals surface area contributed by atoms with E-state index >= 15 is 0 Å². The molecule has 0 aromatic heterocycles. The van der Waals surface area contributed by atoms with Gasteiger partial charge in [-0.15, -0.1) is 0 Å². The molecule has 126 valence electrons. The van der Waals surface area contributed by atoms with Gasteiger partial charge in [-0.05, 0) is 30.7 Å². The average Bonchev–Trinajstić information content (AvgIpc) is 2.60. The molecule has 0 spiro atoms. The molecule has 6 heteroatoms. The Morgan fingerprint density at radius 1 is 1.17 bits per heavy atom. The lowest BCUT2D eigenvalue weighted by Gasteiger charge is -2.20. The fourth-order valence-electron chi connectivity index (χ4n) is 2.20. The normalized spacial score (nSPS) is 10.1. The molecule has 2 amide bonds. The molecule has 0 saturated carbocycles. The molecule has 2 aromatic carbocycles. The number of likely N-dealkylation sites (N-methyl/N-ethyl adjacent to an activating group) is 1. The van der Waals surface area contributed by atoms with Crippen molar-refractivity contribution >= 4 is 29.1 Å². The monoisotopic (exact) mass is 346 g/mol. The second kappa shape index (κ2) is 8.36. The van der Waals surface area contributed by atoms with E-state index in [-0.39, 0.29) is 0 Å². The number of amides is 2. The summed E-state index contributed by atoms with van der Waals surface area (Å²) in [6, 6.07) is 14.3. The topological polar surface area (TPSA) is 58.6 Å².